The summed E-state index contributed by atoms with van der Waals surface area (Å²) < 4.78 is 42.7. The van der Waals surface area contributed by atoms with Crippen molar-refractivity contribution in [1.82, 2.24) is 9.97 Å². The first-order valence-electron chi connectivity index (χ1n) is 5.84. The van der Waals surface area contributed by atoms with Gasteiger partial charge in [0.2, 0.25) is 5.95 Å². The van der Waals surface area contributed by atoms with Gasteiger partial charge >= 0.3 is 6.18 Å². The molecule has 8 heteroatoms. The van der Waals surface area contributed by atoms with E-state index in [0.29, 0.717) is 6.61 Å². The Morgan fingerprint density at radius 3 is 2.63 bits per heavy atom. The number of hydrogen-bond donors (Lipinski definition) is 2. The summed E-state index contributed by atoms with van der Waals surface area (Å²) in [6.07, 6.45) is -2.93. The quantitative estimate of drug-likeness (QED) is 0.835. The number of rotatable bonds is 6. The molecule has 1 heterocycles. The number of nitrogens with two attached hydrogens (primary N) is 1. The number of alkyl halides is 3. The third-order valence-electron chi connectivity index (χ3n) is 2.39. The smallest absolute Gasteiger partial charge is 0.383 e. The molecule has 1 rings (SSSR count). The highest BCUT2D eigenvalue weighted by atomic mass is 19.4. The number of nitrogen functional groups attached to an aromatic ring is 1. The SMILES string of the molecule is CCCC(COC)Nc1cc(C(F)(F)F)nc(N)n1. The Morgan fingerprint density at radius 2 is 2.11 bits per heavy atom. The van der Waals surface area contributed by atoms with E-state index < -0.39 is 17.8 Å². The zero-order valence-electron chi connectivity index (χ0n) is 10.8. The molecule has 0 fully saturated rings. The van der Waals surface area contributed by atoms with Crippen LogP contribution in [0.2, 0.25) is 0 Å². The van der Waals surface area contributed by atoms with Gasteiger partial charge in [-0.3, -0.25) is 0 Å². The Labute approximate surface area is 109 Å². The zero-order valence-corrected chi connectivity index (χ0v) is 10.8. The van der Waals surface area contributed by atoms with E-state index in [1.54, 1.807) is 0 Å². The van der Waals surface area contributed by atoms with Crippen molar-refractivity contribution in [2.45, 2.75) is 32.0 Å². The molecule has 1 atom stereocenters. The molecule has 0 amide bonds. The lowest BCUT2D eigenvalue weighted by Crippen LogP contribution is -2.26. The first-order chi connectivity index (χ1) is 8.86. The highest BCUT2D eigenvalue weighted by Gasteiger charge is 2.33. The van der Waals surface area contributed by atoms with Crippen molar-refractivity contribution in [3.63, 3.8) is 0 Å². The van der Waals surface area contributed by atoms with E-state index in [1.807, 2.05) is 6.92 Å². The molecular formula is C11H17F3N4O. The summed E-state index contributed by atoms with van der Waals surface area (Å²) in [4.78, 5) is 6.93. The average Bonchev–Trinajstić information content (AvgIpc) is 2.27. The molecule has 0 radical (unpaired) electrons. The maximum atomic E-state index is 12.6. The van der Waals surface area contributed by atoms with Crippen LogP contribution in [0.15, 0.2) is 6.07 Å². The summed E-state index contributed by atoms with van der Waals surface area (Å²) in [5, 5.41) is 2.88. The van der Waals surface area contributed by atoms with Crippen molar-refractivity contribution in [1.29, 1.82) is 0 Å². The summed E-state index contributed by atoms with van der Waals surface area (Å²) in [6, 6.07) is 0.722. The van der Waals surface area contributed by atoms with Crippen molar-refractivity contribution in [2.24, 2.45) is 0 Å². The van der Waals surface area contributed by atoms with Crippen molar-refractivity contribution in [3.05, 3.63) is 11.8 Å². The Kier molecular flexibility index (Phi) is 5.34. The Bertz CT molecular complexity index is 405. The van der Waals surface area contributed by atoms with Gasteiger partial charge in [0.15, 0.2) is 5.69 Å². The minimum absolute atomic E-state index is 0.0512. The van der Waals surface area contributed by atoms with E-state index in [-0.39, 0.29) is 11.9 Å². The Hall–Kier alpha value is -1.57. The molecule has 0 saturated carbocycles. The number of aromatic nitrogens is 2. The number of ether oxygens (including phenoxy) is 1. The lowest BCUT2D eigenvalue weighted by molar-refractivity contribution is -0.141. The summed E-state index contributed by atoms with van der Waals surface area (Å²) in [5.41, 5.74) is 4.23. The third-order valence-corrected chi connectivity index (χ3v) is 2.39. The van der Waals surface area contributed by atoms with Crippen LogP contribution in [0, 0.1) is 0 Å². The largest absolute Gasteiger partial charge is 0.433 e. The number of nitrogens with one attached hydrogen (secondary N) is 1. The van der Waals surface area contributed by atoms with Crippen molar-refractivity contribution >= 4 is 11.8 Å². The van der Waals surface area contributed by atoms with E-state index in [1.165, 1.54) is 7.11 Å². The van der Waals surface area contributed by atoms with E-state index in [2.05, 4.69) is 15.3 Å². The van der Waals surface area contributed by atoms with Gasteiger partial charge in [0.25, 0.3) is 0 Å². The van der Waals surface area contributed by atoms with Crippen LogP contribution in [0.1, 0.15) is 25.5 Å². The van der Waals surface area contributed by atoms with Gasteiger partial charge in [-0.25, -0.2) is 4.98 Å². The number of nitrogens with zero attached hydrogens (tertiary/aromatic N) is 2. The maximum absolute atomic E-state index is 12.6. The van der Waals surface area contributed by atoms with Crippen LogP contribution in [-0.4, -0.2) is 29.7 Å². The standard InChI is InChI=1S/C11H17F3N4O/c1-3-4-7(6-19-2)16-9-5-8(11(12,13)14)17-10(15)18-9/h5,7H,3-4,6H2,1-2H3,(H3,15,16,17,18). The molecule has 108 valence electrons. The molecule has 19 heavy (non-hydrogen) atoms. The molecule has 0 aliphatic carbocycles. The summed E-state index contributed by atoms with van der Waals surface area (Å²) >= 11 is 0. The van der Waals surface area contributed by atoms with Crippen LogP contribution >= 0.6 is 0 Å². The molecule has 0 spiro atoms. The van der Waals surface area contributed by atoms with Crippen molar-refractivity contribution < 1.29 is 17.9 Å². The molecule has 1 unspecified atom stereocenters. The van der Waals surface area contributed by atoms with Gasteiger partial charge in [-0.15, -0.1) is 0 Å². The summed E-state index contributed by atoms with van der Waals surface area (Å²) in [7, 11) is 1.53. The van der Waals surface area contributed by atoms with Crippen LogP contribution in [0.4, 0.5) is 24.9 Å². The van der Waals surface area contributed by atoms with E-state index >= 15 is 0 Å². The second-order valence-electron chi connectivity index (χ2n) is 4.08. The van der Waals surface area contributed by atoms with Gasteiger partial charge in [0.1, 0.15) is 5.82 Å². The van der Waals surface area contributed by atoms with Crippen molar-refractivity contribution in [2.75, 3.05) is 24.8 Å². The Balaban J connectivity index is 2.90. The fourth-order valence-electron chi connectivity index (χ4n) is 1.64. The molecule has 1 aromatic rings. The van der Waals surface area contributed by atoms with E-state index in [0.717, 1.165) is 18.9 Å². The molecule has 0 saturated heterocycles. The highest BCUT2D eigenvalue weighted by Crippen LogP contribution is 2.29. The minimum atomic E-state index is -4.55. The normalized spacial score (nSPS) is 13.3. The summed E-state index contributed by atoms with van der Waals surface area (Å²) in [5.74, 6) is -0.361. The number of hydrogen-bond acceptors (Lipinski definition) is 5. The van der Waals surface area contributed by atoms with Crippen LogP contribution in [0.5, 0.6) is 0 Å². The molecule has 0 aromatic carbocycles. The predicted octanol–water partition coefficient (Wildman–Crippen LogP) is 2.30. The number of anilines is 2. The lowest BCUT2D eigenvalue weighted by Gasteiger charge is -2.18. The van der Waals surface area contributed by atoms with Crippen LogP contribution < -0.4 is 11.1 Å². The fourth-order valence-corrected chi connectivity index (χ4v) is 1.64. The predicted molar refractivity (Wildman–Crippen MR) is 65.6 cm³/mol. The molecule has 5 nitrogen and oxygen atoms in total. The van der Waals surface area contributed by atoms with Crippen LogP contribution in [0.3, 0.4) is 0 Å². The first kappa shape index (κ1) is 15.5. The molecular weight excluding hydrogens is 261 g/mol. The van der Waals surface area contributed by atoms with Gasteiger partial charge in [-0.1, -0.05) is 13.3 Å². The van der Waals surface area contributed by atoms with Crippen molar-refractivity contribution in [3.8, 4) is 0 Å². The third kappa shape index (κ3) is 4.90. The minimum Gasteiger partial charge on any atom is -0.383 e. The van der Waals surface area contributed by atoms with Gasteiger partial charge < -0.3 is 15.8 Å². The molecule has 3 N–H and O–H groups in total. The topological polar surface area (TPSA) is 73.1 Å². The second-order valence-corrected chi connectivity index (χ2v) is 4.08. The van der Waals surface area contributed by atoms with Crippen LogP contribution in [-0.2, 0) is 10.9 Å². The second kappa shape index (κ2) is 6.55. The highest BCUT2D eigenvalue weighted by molar-refractivity contribution is 5.42. The molecule has 0 aliphatic rings. The molecule has 0 aliphatic heterocycles. The number of halogens is 3. The van der Waals surface area contributed by atoms with E-state index in [9.17, 15) is 13.2 Å². The zero-order chi connectivity index (χ0) is 14.5. The van der Waals surface area contributed by atoms with Gasteiger partial charge in [0, 0.05) is 13.2 Å². The Morgan fingerprint density at radius 1 is 1.42 bits per heavy atom. The van der Waals surface area contributed by atoms with Crippen LogP contribution in [0.25, 0.3) is 0 Å². The maximum Gasteiger partial charge on any atom is 0.433 e. The number of methoxy groups -OCH3 is 1. The average molecular weight is 278 g/mol. The van der Waals surface area contributed by atoms with Gasteiger partial charge in [0.05, 0.1) is 12.6 Å². The first-order valence-corrected chi connectivity index (χ1v) is 5.84. The monoisotopic (exact) mass is 278 g/mol. The lowest BCUT2D eigenvalue weighted by atomic mass is 10.2. The molecule has 0 bridgehead atoms. The van der Waals surface area contributed by atoms with Gasteiger partial charge in [-0.2, -0.15) is 18.2 Å². The fraction of sp³-hybridized carbons (Fsp3) is 0.636. The van der Waals surface area contributed by atoms with E-state index in [4.69, 9.17) is 10.5 Å². The summed E-state index contributed by atoms with van der Waals surface area (Å²) in [6.45, 7) is 2.35. The van der Waals surface area contributed by atoms with Gasteiger partial charge in [-0.05, 0) is 6.42 Å². The molecule has 1 aromatic heterocycles.